The summed E-state index contributed by atoms with van der Waals surface area (Å²) in [6.07, 6.45) is 0. The van der Waals surface area contributed by atoms with Crippen molar-refractivity contribution in [2.75, 3.05) is 11.9 Å². The molecule has 1 N–H and O–H groups in total. The van der Waals surface area contributed by atoms with E-state index in [2.05, 4.69) is 5.32 Å². The molecule has 0 saturated carbocycles. The summed E-state index contributed by atoms with van der Waals surface area (Å²) in [6.45, 7) is -0.764. The van der Waals surface area contributed by atoms with Crippen molar-refractivity contribution in [3.05, 3.63) is 65.7 Å². The van der Waals surface area contributed by atoms with Crippen molar-refractivity contribution in [3.8, 4) is 0 Å². The van der Waals surface area contributed by atoms with Gasteiger partial charge in [0.2, 0.25) is 0 Å². The van der Waals surface area contributed by atoms with Crippen molar-refractivity contribution in [2.45, 2.75) is 5.92 Å². The average molecular weight is 269 g/mol. The third-order valence-corrected chi connectivity index (χ3v) is 2.63. The maximum Gasteiger partial charge on any atom is 0.290 e. The van der Waals surface area contributed by atoms with Gasteiger partial charge in [0.1, 0.15) is 11.6 Å². The lowest BCUT2D eigenvalue weighted by Crippen LogP contribution is -2.25. The zero-order valence-electron chi connectivity index (χ0n) is 9.84. The lowest BCUT2D eigenvalue weighted by Gasteiger charge is -2.18. The van der Waals surface area contributed by atoms with E-state index in [1.54, 1.807) is 6.07 Å². The van der Waals surface area contributed by atoms with Gasteiger partial charge in [-0.1, -0.05) is 30.3 Å². The van der Waals surface area contributed by atoms with E-state index in [1.165, 1.54) is 24.3 Å². The predicted octanol–water partition coefficient (Wildman–Crippen LogP) is 4.17. The molecule has 0 heterocycles. The zero-order valence-corrected chi connectivity index (χ0v) is 9.84. The van der Waals surface area contributed by atoms with Gasteiger partial charge < -0.3 is 5.32 Å². The van der Waals surface area contributed by atoms with Crippen molar-refractivity contribution >= 4 is 5.69 Å². The molecule has 0 amide bonds. The van der Waals surface area contributed by atoms with Crippen LogP contribution in [0, 0.1) is 11.6 Å². The minimum absolute atomic E-state index is 0.156. The molecule has 0 atom stereocenters. The quantitative estimate of drug-likeness (QED) is 0.821. The molecule has 2 rings (SSSR count). The average Bonchev–Trinajstić information content (AvgIpc) is 2.39. The van der Waals surface area contributed by atoms with Crippen LogP contribution >= 0.6 is 0 Å². The second-order valence-electron chi connectivity index (χ2n) is 4.05. The van der Waals surface area contributed by atoms with Crippen LogP contribution in [0.1, 0.15) is 5.56 Å². The minimum atomic E-state index is -3.14. The predicted molar refractivity (Wildman–Crippen MR) is 65.2 cm³/mol. The molecule has 100 valence electrons. The molecule has 2 aromatic rings. The van der Waals surface area contributed by atoms with E-state index in [0.717, 1.165) is 12.1 Å². The van der Waals surface area contributed by atoms with Crippen molar-refractivity contribution in [2.24, 2.45) is 0 Å². The van der Waals surface area contributed by atoms with Crippen LogP contribution in [0.15, 0.2) is 48.5 Å². The van der Waals surface area contributed by atoms with Crippen LogP contribution in [0.5, 0.6) is 0 Å². The maximum absolute atomic E-state index is 13.8. The van der Waals surface area contributed by atoms with Crippen LogP contribution in [0.4, 0.5) is 23.2 Å². The van der Waals surface area contributed by atoms with Gasteiger partial charge >= 0.3 is 0 Å². The molecule has 0 aliphatic carbocycles. The minimum Gasteiger partial charge on any atom is -0.376 e. The van der Waals surface area contributed by atoms with Gasteiger partial charge in [-0.2, -0.15) is 8.78 Å². The van der Waals surface area contributed by atoms with Crippen LogP contribution in [0.25, 0.3) is 0 Å². The molecule has 0 aromatic heterocycles. The molecular formula is C14H11F4N. The Balaban J connectivity index is 2.09. The number of halogens is 4. The second-order valence-corrected chi connectivity index (χ2v) is 4.05. The summed E-state index contributed by atoms with van der Waals surface area (Å²) >= 11 is 0. The Labute approximate surface area is 107 Å². The number of anilines is 1. The van der Waals surface area contributed by atoms with E-state index in [1.807, 2.05) is 0 Å². The van der Waals surface area contributed by atoms with E-state index in [9.17, 15) is 17.6 Å². The number of hydrogen-bond donors (Lipinski definition) is 1. The summed E-state index contributed by atoms with van der Waals surface area (Å²) in [5.74, 6) is -4.79. The van der Waals surface area contributed by atoms with Crippen LogP contribution in [0.3, 0.4) is 0 Å². The van der Waals surface area contributed by atoms with Crippen LogP contribution in [-0.2, 0) is 5.92 Å². The van der Waals surface area contributed by atoms with E-state index < -0.39 is 24.1 Å². The highest BCUT2D eigenvalue weighted by Crippen LogP contribution is 2.28. The summed E-state index contributed by atoms with van der Waals surface area (Å²) in [7, 11) is 0. The smallest absolute Gasteiger partial charge is 0.290 e. The van der Waals surface area contributed by atoms with Gasteiger partial charge in [-0.05, 0) is 12.1 Å². The molecule has 0 radical (unpaired) electrons. The fourth-order valence-electron chi connectivity index (χ4n) is 1.62. The first kappa shape index (κ1) is 13.4. The Kier molecular flexibility index (Phi) is 3.74. The van der Waals surface area contributed by atoms with Gasteiger partial charge in [0, 0.05) is 11.6 Å². The molecule has 19 heavy (non-hydrogen) atoms. The second kappa shape index (κ2) is 5.30. The van der Waals surface area contributed by atoms with Gasteiger partial charge in [-0.25, -0.2) is 8.78 Å². The monoisotopic (exact) mass is 269 g/mol. The Morgan fingerprint density at radius 3 is 2.26 bits per heavy atom. The van der Waals surface area contributed by atoms with Crippen molar-refractivity contribution in [1.82, 2.24) is 0 Å². The largest absolute Gasteiger partial charge is 0.376 e. The lowest BCUT2D eigenvalue weighted by atomic mass is 10.1. The summed E-state index contributed by atoms with van der Waals surface area (Å²) in [5, 5.41) is 2.29. The van der Waals surface area contributed by atoms with E-state index in [4.69, 9.17) is 0 Å². The molecule has 0 spiro atoms. The van der Waals surface area contributed by atoms with Crippen molar-refractivity contribution in [3.63, 3.8) is 0 Å². The summed E-state index contributed by atoms with van der Waals surface area (Å²) < 4.78 is 53.5. The number of rotatable bonds is 4. The van der Waals surface area contributed by atoms with Crippen LogP contribution < -0.4 is 5.32 Å². The van der Waals surface area contributed by atoms with Gasteiger partial charge in [0.25, 0.3) is 5.92 Å². The summed E-state index contributed by atoms with van der Waals surface area (Å²) in [4.78, 5) is 0. The highest BCUT2D eigenvalue weighted by atomic mass is 19.3. The van der Waals surface area contributed by atoms with Gasteiger partial charge in [0.05, 0.1) is 12.2 Å². The van der Waals surface area contributed by atoms with E-state index in [-0.39, 0.29) is 11.3 Å². The fourth-order valence-corrected chi connectivity index (χ4v) is 1.62. The maximum atomic E-state index is 13.8. The Bertz CT molecular complexity index is 555. The van der Waals surface area contributed by atoms with E-state index in [0.29, 0.717) is 6.07 Å². The SMILES string of the molecule is Fc1ccc(NCC(F)(F)c2ccccc2)c(F)c1. The topological polar surface area (TPSA) is 12.0 Å². The number of alkyl halides is 2. The third kappa shape index (κ3) is 3.24. The van der Waals surface area contributed by atoms with Gasteiger partial charge in [0.15, 0.2) is 0 Å². The lowest BCUT2D eigenvalue weighted by molar-refractivity contribution is 0.0106. The molecular weight excluding hydrogens is 258 g/mol. The fraction of sp³-hybridized carbons (Fsp3) is 0.143. The Morgan fingerprint density at radius 1 is 0.947 bits per heavy atom. The third-order valence-electron chi connectivity index (χ3n) is 2.63. The number of hydrogen-bond acceptors (Lipinski definition) is 1. The highest BCUT2D eigenvalue weighted by molar-refractivity contribution is 5.45. The number of nitrogens with one attached hydrogen (secondary N) is 1. The zero-order chi connectivity index (χ0) is 13.9. The van der Waals surface area contributed by atoms with Crippen molar-refractivity contribution < 1.29 is 17.6 Å². The molecule has 5 heteroatoms. The van der Waals surface area contributed by atoms with E-state index >= 15 is 0 Å². The molecule has 1 nitrogen and oxygen atoms in total. The first-order valence-corrected chi connectivity index (χ1v) is 5.61. The van der Waals surface area contributed by atoms with Crippen molar-refractivity contribution in [1.29, 1.82) is 0 Å². The van der Waals surface area contributed by atoms with Gasteiger partial charge in [-0.3, -0.25) is 0 Å². The first-order valence-electron chi connectivity index (χ1n) is 5.61. The molecule has 0 aliphatic rings. The molecule has 0 fully saturated rings. The van der Waals surface area contributed by atoms with Crippen LogP contribution in [-0.4, -0.2) is 6.54 Å². The Hall–Kier alpha value is -2.04. The molecule has 0 saturated heterocycles. The highest BCUT2D eigenvalue weighted by Gasteiger charge is 2.31. The first-order chi connectivity index (χ1) is 8.99. The standard InChI is InChI=1S/C14H11F4N/c15-11-6-7-13(12(16)8-11)19-9-14(17,18)10-4-2-1-3-5-10/h1-8,19H,9H2. The van der Waals surface area contributed by atoms with Crippen LogP contribution in [0.2, 0.25) is 0 Å². The normalized spacial score (nSPS) is 11.4. The summed E-state index contributed by atoms with van der Waals surface area (Å²) in [6, 6.07) is 9.96. The summed E-state index contributed by atoms with van der Waals surface area (Å²) in [5.41, 5.74) is -0.318. The molecule has 2 aromatic carbocycles. The number of benzene rings is 2. The van der Waals surface area contributed by atoms with Gasteiger partial charge in [-0.15, -0.1) is 0 Å². The molecule has 0 aliphatic heterocycles. The molecule has 0 unspecified atom stereocenters. The molecule has 0 bridgehead atoms. The Morgan fingerprint density at radius 2 is 1.63 bits per heavy atom.